The number of aliphatic hydroxyl groups excluding tert-OH is 3. The maximum absolute atomic E-state index is 11.2. The van der Waals surface area contributed by atoms with Crippen molar-refractivity contribution in [3.8, 4) is 0 Å². The largest absolute Gasteiger partial charge is 0.393 e. The van der Waals surface area contributed by atoms with E-state index in [-0.39, 0.29) is 29.1 Å². The van der Waals surface area contributed by atoms with Gasteiger partial charge in [-0.1, -0.05) is 13.8 Å². The van der Waals surface area contributed by atoms with Gasteiger partial charge in [0.2, 0.25) is 0 Å². The minimum atomic E-state index is -0.263. The van der Waals surface area contributed by atoms with Gasteiger partial charge in [-0.15, -0.1) is 0 Å². The van der Waals surface area contributed by atoms with Crippen LogP contribution in [-0.2, 0) is 0 Å². The molecule has 24 heavy (non-hydrogen) atoms. The summed E-state index contributed by atoms with van der Waals surface area (Å²) in [5.74, 6) is 2.59. The van der Waals surface area contributed by atoms with Gasteiger partial charge in [-0.25, -0.2) is 0 Å². The van der Waals surface area contributed by atoms with Gasteiger partial charge in [-0.3, -0.25) is 0 Å². The first-order chi connectivity index (χ1) is 11.3. The monoisotopic (exact) mass is 336 g/mol. The molecule has 0 heterocycles. The second-order valence-electron chi connectivity index (χ2n) is 10.2. The van der Waals surface area contributed by atoms with Gasteiger partial charge in [0.05, 0.1) is 18.3 Å². The Bertz CT molecular complexity index is 491. The van der Waals surface area contributed by atoms with Crippen molar-refractivity contribution in [1.82, 2.24) is 0 Å². The first-order valence-corrected chi connectivity index (χ1v) is 10.3. The molecule has 4 aliphatic carbocycles. The van der Waals surface area contributed by atoms with Crippen molar-refractivity contribution < 1.29 is 15.3 Å². The highest BCUT2D eigenvalue weighted by molar-refractivity contribution is 5.12. The highest BCUT2D eigenvalue weighted by Gasteiger charge is 2.63. The van der Waals surface area contributed by atoms with Crippen molar-refractivity contribution in [2.24, 2.45) is 40.4 Å². The van der Waals surface area contributed by atoms with Crippen LogP contribution in [-0.4, -0.2) is 33.6 Å². The Labute approximate surface area is 146 Å². The SMILES string of the molecule is C[C@@H](O)[C@H]1CC[C@H]2[C@@H]3CC[C@H]4C[C@@H](O)CC[C@]4(C)[C@H]3[C@@H](O)C[C@]12C. The van der Waals surface area contributed by atoms with Gasteiger partial charge in [0.15, 0.2) is 0 Å². The zero-order chi connectivity index (χ0) is 17.3. The molecule has 0 radical (unpaired) electrons. The first kappa shape index (κ1) is 17.3. The lowest BCUT2D eigenvalue weighted by Gasteiger charge is -2.62. The van der Waals surface area contributed by atoms with Gasteiger partial charge in [0, 0.05) is 0 Å². The normalized spacial score (nSPS) is 58.5. The van der Waals surface area contributed by atoms with E-state index in [0.717, 1.165) is 32.1 Å². The van der Waals surface area contributed by atoms with Gasteiger partial charge < -0.3 is 15.3 Å². The molecule has 0 bridgehead atoms. The summed E-state index contributed by atoms with van der Waals surface area (Å²) in [5, 5.41) is 31.7. The fourth-order valence-electron chi connectivity index (χ4n) is 8.19. The molecule has 4 aliphatic rings. The van der Waals surface area contributed by atoms with E-state index in [0.29, 0.717) is 29.6 Å². The molecule has 3 nitrogen and oxygen atoms in total. The summed E-state index contributed by atoms with van der Waals surface area (Å²) in [6.07, 6.45) is 7.91. The smallest absolute Gasteiger partial charge is 0.0581 e. The topological polar surface area (TPSA) is 60.7 Å². The molecule has 0 aromatic rings. The van der Waals surface area contributed by atoms with Crippen LogP contribution in [0.3, 0.4) is 0 Å². The standard InChI is InChI=1S/C21H36O3/c1-12(22)16-6-7-17-15-5-4-13-10-14(23)8-9-20(13,2)19(15)18(24)11-21(16,17)3/h12-19,22-24H,4-11H2,1-3H3/t12-,13+,14+,15+,16-,17+,18+,19-,20+,21-/m1/s1. The summed E-state index contributed by atoms with van der Waals surface area (Å²) in [4.78, 5) is 0. The molecule has 0 spiro atoms. The molecule has 10 atom stereocenters. The van der Waals surface area contributed by atoms with Crippen LogP contribution in [0.25, 0.3) is 0 Å². The number of hydrogen-bond acceptors (Lipinski definition) is 3. The zero-order valence-electron chi connectivity index (χ0n) is 15.6. The van der Waals surface area contributed by atoms with E-state index in [1.807, 2.05) is 6.92 Å². The second-order valence-corrected chi connectivity index (χ2v) is 10.2. The summed E-state index contributed by atoms with van der Waals surface area (Å²) in [6, 6.07) is 0. The van der Waals surface area contributed by atoms with Gasteiger partial charge in [-0.2, -0.15) is 0 Å². The van der Waals surface area contributed by atoms with Crippen LogP contribution in [0.1, 0.15) is 72.1 Å². The first-order valence-electron chi connectivity index (χ1n) is 10.3. The fraction of sp³-hybridized carbons (Fsp3) is 1.00. The van der Waals surface area contributed by atoms with E-state index in [2.05, 4.69) is 13.8 Å². The minimum Gasteiger partial charge on any atom is -0.393 e. The van der Waals surface area contributed by atoms with Crippen LogP contribution >= 0.6 is 0 Å². The minimum absolute atomic E-state index is 0.103. The Balaban J connectivity index is 1.66. The molecule has 4 rings (SSSR count). The molecule has 0 saturated heterocycles. The Kier molecular flexibility index (Phi) is 4.10. The lowest BCUT2D eigenvalue weighted by molar-refractivity contribution is -0.181. The van der Waals surface area contributed by atoms with Crippen molar-refractivity contribution >= 4 is 0 Å². The summed E-state index contributed by atoms with van der Waals surface area (Å²) in [5.41, 5.74) is 0.304. The van der Waals surface area contributed by atoms with E-state index < -0.39 is 0 Å². The third-order valence-electron chi connectivity index (χ3n) is 9.22. The van der Waals surface area contributed by atoms with Crippen LogP contribution in [0.4, 0.5) is 0 Å². The lowest BCUT2D eigenvalue weighted by atomic mass is 9.44. The van der Waals surface area contributed by atoms with Crippen molar-refractivity contribution in [2.45, 2.75) is 90.4 Å². The summed E-state index contributed by atoms with van der Waals surface area (Å²) in [7, 11) is 0. The second kappa shape index (κ2) is 5.69. The molecular formula is C21H36O3. The van der Waals surface area contributed by atoms with Crippen LogP contribution in [0.15, 0.2) is 0 Å². The van der Waals surface area contributed by atoms with Gasteiger partial charge in [-0.05, 0) is 98.7 Å². The molecule has 3 heteroatoms. The average Bonchev–Trinajstić information content (AvgIpc) is 2.84. The zero-order valence-corrected chi connectivity index (χ0v) is 15.6. The van der Waals surface area contributed by atoms with Gasteiger partial charge in [0.1, 0.15) is 0 Å². The van der Waals surface area contributed by atoms with E-state index >= 15 is 0 Å². The average molecular weight is 337 g/mol. The number of rotatable bonds is 1. The van der Waals surface area contributed by atoms with Crippen LogP contribution < -0.4 is 0 Å². The van der Waals surface area contributed by atoms with Gasteiger partial charge >= 0.3 is 0 Å². The Morgan fingerprint density at radius 2 is 1.71 bits per heavy atom. The highest BCUT2D eigenvalue weighted by atomic mass is 16.3. The summed E-state index contributed by atoms with van der Waals surface area (Å²) in [6.45, 7) is 6.70. The van der Waals surface area contributed by atoms with E-state index in [9.17, 15) is 15.3 Å². The molecule has 0 aliphatic heterocycles. The van der Waals surface area contributed by atoms with E-state index in [1.165, 1.54) is 19.3 Å². The van der Waals surface area contributed by atoms with Crippen molar-refractivity contribution in [1.29, 1.82) is 0 Å². The maximum Gasteiger partial charge on any atom is 0.0581 e. The van der Waals surface area contributed by atoms with Crippen molar-refractivity contribution in [2.75, 3.05) is 0 Å². The van der Waals surface area contributed by atoms with E-state index in [1.54, 1.807) is 0 Å². The summed E-state index contributed by atoms with van der Waals surface area (Å²) < 4.78 is 0. The summed E-state index contributed by atoms with van der Waals surface area (Å²) >= 11 is 0. The number of aliphatic hydroxyl groups is 3. The lowest BCUT2D eigenvalue weighted by Crippen LogP contribution is -2.59. The predicted octanol–water partition coefficient (Wildman–Crippen LogP) is 3.36. The number of hydrogen-bond donors (Lipinski definition) is 3. The molecule has 0 aromatic carbocycles. The van der Waals surface area contributed by atoms with Gasteiger partial charge in [0.25, 0.3) is 0 Å². The molecule has 0 aromatic heterocycles. The van der Waals surface area contributed by atoms with Crippen molar-refractivity contribution in [3.05, 3.63) is 0 Å². The maximum atomic E-state index is 11.2. The molecular weight excluding hydrogens is 300 g/mol. The molecule has 3 N–H and O–H groups in total. The predicted molar refractivity (Wildman–Crippen MR) is 94.3 cm³/mol. The van der Waals surface area contributed by atoms with Crippen LogP contribution in [0, 0.1) is 40.4 Å². The Hall–Kier alpha value is -0.120. The number of fused-ring (bicyclic) bond motifs is 5. The van der Waals surface area contributed by atoms with Crippen LogP contribution in [0.5, 0.6) is 0 Å². The van der Waals surface area contributed by atoms with Crippen molar-refractivity contribution in [3.63, 3.8) is 0 Å². The molecule has 4 fully saturated rings. The Morgan fingerprint density at radius 3 is 2.42 bits per heavy atom. The Morgan fingerprint density at radius 1 is 0.958 bits per heavy atom. The molecule has 0 unspecified atom stereocenters. The molecule has 4 saturated carbocycles. The van der Waals surface area contributed by atoms with E-state index in [4.69, 9.17) is 0 Å². The quantitative estimate of drug-likeness (QED) is 0.688. The fourth-order valence-corrected chi connectivity index (χ4v) is 8.19. The molecule has 138 valence electrons. The highest BCUT2D eigenvalue weighted by Crippen LogP contribution is 2.67. The van der Waals surface area contributed by atoms with Crippen LogP contribution in [0.2, 0.25) is 0 Å². The third kappa shape index (κ3) is 2.27. The third-order valence-corrected chi connectivity index (χ3v) is 9.22. The molecule has 0 amide bonds.